The van der Waals surface area contributed by atoms with Gasteiger partial charge in [0.2, 0.25) is 0 Å². The Labute approximate surface area is 30.2 Å². The largest absolute Gasteiger partial charge is 0.340 e. The third-order valence-electron chi connectivity index (χ3n) is 0.227. The number of urea groups is 1. The van der Waals surface area contributed by atoms with Gasteiger partial charge in [0.05, 0.1) is 0 Å². The highest BCUT2D eigenvalue weighted by Crippen LogP contribution is 1.43. The Morgan fingerprint density at radius 3 is 2.20 bits per heavy atom. The first-order valence-electron chi connectivity index (χ1n) is 1.20. The van der Waals surface area contributed by atoms with Crippen LogP contribution in [0, 0.1) is 0 Å². The van der Waals surface area contributed by atoms with Crippen molar-refractivity contribution in [2.45, 2.75) is 0 Å². The molecule has 0 heterocycles. The molecular formula is C2H5N2O. The molecule has 3 heteroatoms. The third kappa shape index (κ3) is 3.27. The van der Waals surface area contributed by atoms with Gasteiger partial charge >= 0.3 is 6.03 Å². The lowest BCUT2D eigenvalue weighted by molar-refractivity contribution is 0.249. The Balaban J connectivity index is 2.85. The highest BCUT2D eigenvalue weighted by atomic mass is 16.2. The van der Waals surface area contributed by atoms with Gasteiger partial charge in [-0.05, 0) is 0 Å². The van der Waals surface area contributed by atoms with E-state index in [1.807, 2.05) is 0 Å². The van der Waals surface area contributed by atoms with Crippen LogP contribution in [0.5, 0.6) is 0 Å². The Hall–Kier alpha value is -0.730. The van der Waals surface area contributed by atoms with Crippen LogP contribution in [0.4, 0.5) is 4.79 Å². The van der Waals surface area contributed by atoms with E-state index in [1.54, 1.807) is 0 Å². The van der Waals surface area contributed by atoms with Crippen LogP contribution in [0.25, 0.3) is 0 Å². The summed E-state index contributed by atoms with van der Waals surface area (Å²) < 4.78 is 0. The van der Waals surface area contributed by atoms with Gasteiger partial charge in [-0.1, -0.05) is 0 Å². The smallest absolute Gasteiger partial charge is 0.333 e. The molecule has 0 spiro atoms. The molecule has 2 N–H and O–H groups in total. The zero-order valence-electron chi connectivity index (χ0n) is 2.91. The molecule has 0 aliphatic carbocycles. The summed E-state index contributed by atoms with van der Waals surface area (Å²) >= 11 is 0. The summed E-state index contributed by atoms with van der Waals surface area (Å²) in [5, 5.41) is 2.06. The maximum absolute atomic E-state index is 9.37. The van der Waals surface area contributed by atoms with Crippen molar-refractivity contribution in [2.24, 2.45) is 0 Å². The molecule has 0 unspecified atom stereocenters. The monoisotopic (exact) mass is 73.0 g/mol. The Morgan fingerprint density at radius 2 is 2.20 bits per heavy atom. The van der Waals surface area contributed by atoms with E-state index in [1.165, 1.54) is 7.05 Å². The van der Waals surface area contributed by atoms with E-state index in [9.17, 15) is 4.79 Å². The molecule has 3 nitrogen and oxygen atoms in total. The van der Waals surface area contributed by atoms with Crippen molar-refractivity contribution >= 4 is 6.03 Å². The first-order valence-corrected chi connectivity index (χ1v) is 1.20. The number of hydrogen-bond acceptors (Lipinski definition) is 1. The summed E-state index contributed by atoms with van der Waals surface area (Å²) in [5.41, 5.74) is 6.08. The van der Waals surface area contributed by atoms with Crippen molar-refractivity contribution in [3.63, 3.8) is 0 Å². The van der Waals surface area contributed by atoms with E-state index >= 15 is 0 Å². The van der Waals surface area contributed by atoms with Crippen LogP contribution in [-0.2, 0) is 0 Å². The van der Waals surface area contributed by atoms with Crippen molar-refractivity contribution < 1.29 is 4.79 Å². The van der Waals surface area contributed by atoms with E-state index in [0.29, 0.717) is 0 Å². The molecule has 5 heavy (non-hydrogen) atoms. The second kappa shape index (κ2) is 1.58. The average molecular weight is 73.1 g/mol. The minimum atomic E-state index is -0.745. The quantitative estimate of drug-likeness (QED) is 0.417. The van der Waals surface area contributed by atoms with Gasteiger partial charge < -0.3 is 5.32 Å². The molecule has 29 valence electrons. The minimum Gasteiger partial charge on any atom is -0.340 e. The van der Waals surface area contributed by atoms with Crippen LogP contribution < -0.4 is 11.1 Å². The van der Waals surface area contributed by atoms with Crippen LogP contribution in [0.1, 0.15) is 0 Å². The summed E-state index contributed by atoms with van der Waals surface area (Å²) in [4.78, 5) is 9.37. The van der Waals surface area contributed by atoms with Gasteiger partial charge in [0.15, 0.2) is 0 Å². The molecule has 0 atom stereocenters. The predicted molar refractivity (Wildman–Crippen MR) is 17.6 cm³/mol. The SMILES string of the molecule is CNC([NH])=O. The maximum Gasteiger partial charge on any atom is 0.333 e. The average Bonchev–Trinajstić information content (AvgIpc) is 1.38. The van der Waals surface area contributed by atoms with E-state index < -0.39 is 6.03 Å². The normalized spacial score (nSPS) is 6.60. The summed E-state index contributed by atoms with van der Waals surface area (Å²) in [7, 11) is 1.41. The van der Waals surface area contributed by atoms with Crippen LogP contribution in [0.15, 0.2) is 0 Å². The van der Waals surface area contributed by atoms with Crippen molar-refractivity contribution in [1.29, 1.82) is 0 Å². The Morgan fingerprint density at radius 1 is 2.00 bits per heavy atom. The first-order chi connectivity index (χ1) is 2.27. The lowest BCUT2D eigenvalue weighted by atomic mass is 11.1. The van der Waals surface area contributed by atoms with Crippen LogP contribution >= 0.6 is 0 Å². The van der Waals surface area contributed by atoms with Gasteiger partial charge in [-0.25, -0.2) is 10.5 Å². The molecule has 0 fully saturated rings. The summed E-state index contributed by atoms with van der Waals surface area (Å²) in [5.74, 6) is 0. The zero-order valence-corrected chi connectivity index (χ0v) is 2.91. The first kappa shape index (κ1) is 4.27. The molecule has 0 aliphatic rings. The van der Waals surface area contributed by atoms with Gasteiger partial charge in [-0.15, -0.1) is 0 Å². The molecule has 0 saturated carbocycles. The van der Waals surface area contributed by atoms with Crippen molar-refractivity contribution in [2.75, 3.05) is 7.05 Å². The molecule has 0 aromatic heterocycles. The minimum absolute atomic E-state index is 0.745. The molecule has 0 aromatic rings. The van der Waals surface area contributed by atoms with Crippen LogP contribution in [0.2, 0.25) is 0 Å². The predicted octanol–water partition coefficient (Wildman–Crippen LogP) is -0.391. The summed E-state index contributed by atoms with van der Waals surface area (Å²) in [6, 6.07) is -0.745. The molecule has 0 rings (SSSR count). The fourth-order valence-corrected chi connectivity index (χ4v) is 0. The zero-order chi connectivity index (χ0) is 4.28. The molecular weight excluding hydrogens is 68.0 g/mol. The number of amides is 2. The van der Waals surface area contributed by atoms with Gasteiger partial charge in [0.1, 0.15) is 0 Å². The second-order valence-electron chi connectivity index (χ2n) is 0.579. The molecule has 2 amide bonds. The lowest BCUT2D eigenvalue weighted by Gasteiger charge is -1.78. The fourth-order valence-electron chi connectivity index (χ4n) is 0. The van der Waals surface area contributed by atoms with Gasteiger partial charge in [0, 0.05) is 7.05 Å². The van der Waals surface area contributed by atoms with E-state index in [2.05, 4.69) is 5.32 Å². The van der Waals surface area contributed by atoms with E-state index in [0.717, 1.165) is 0 Å². The number of rotatable bonds is 0. The van der Waals surface area contributed by atoms with E-state index in [-0.39, 0.29) is 0 Å². The van der Waals surface area contributed by atoms with Gasteiger partial charge in [0.25, 0.3) is 0 Å². The molecule has 1 radical (unpaired) electrons. The van der Waals surface area contributed by atoms with Crippen LogP contribution in [0.3, 0.4) is 0 Å². The van der Waals surface area contributed by atoms with E-state index in [4.69, 9.17) is 5.73 Å². The van der Waals surface area contributed by atoms with Crippen molar-refractivity contribution in [1.82, 2.24) is 11.1 Å². The topological polar surface area (TPSA) is 52.9 Å². The standard InChI is InChI=1S/C2H5N2O/c1-4-2(3)5/h3H,1H3,(H,4,5). The second-order valence-corrected chi connectivity index (χ2v) is 0.579. The highest BCUT2D eigenvalue weighted by Gasteiger charge is 1.75. The van der Waals surface area contributed by atoms with Gasteiger partial charge in [-0.2, -0.15) is 0 Å². The fraction of sp³-hybridized carbons (Fsp3) is 0.500. The Bertz CT molecular complexity index is 42.9. The number of hydrogen-bond donors (Lipinski definition) is 1. The third-order valence-corrected chi connectivity index (χ3v) is 0.227. The lowest BCUT2D eigenvalue weighted by Crippen LogP contribution is -2.15. The molecule has 0 saturated heterocycles. The van der Waals surface area contributed by atoms with Crippen molar-refractivity contribution in [3.8, 4) is 0 Å². The Kier molecular flexibility index (Phi) is 1.35. The number of nitrogens with one attached hydrogen (secondary N) is 2. The molecule has 0 bridgehead atoms. The highest BCUT2D eigenvalue weighted by molar-refractivity contribution is 5.70. The maximum atomic E-state index is 9.37. The summed E-state index contributed by atoms with van der Waals surface area (Å²) in [6.07, 6.45) is 0. The van der Waals surface area contributed by atoms with Gasteiger partial charge in [-0.3, -0.25) is 0 Å². The molecule has 0 aliphatic heterocycles. The summed E-state index contributed by atoms with van der Waals surface area (Å²) in [6.45, 7) is 0. The number of carbonyl (C=O) groups excluding carboxylic acids is 1. The number of carbonyl (C=O) groups is 1. The van der Waals surface area contributed by atoms with Crippen LogP contribution in [-0.4, -0.2) is 13.1 Å². The molecule has 0 aromatic carbocycles. The van der Waals surface area contributed by atoms with Crippen molar-refractivity contribution in [3.05, 3.63) is 0 Å².